The summed E-state index contributed by atoms with van der Waals surface area (Å²) >= 11 is 0. The minimum atomic E-state index is -0.466. The van der Waals surface area contributed by atoms with E-state index in [1.165, 1.54) is 0 Å². The van der Waals surface area contributed by atoms with E-state index < -0.39 is 5.97 Å². The van der Waals surface area contributed by atoms with Gasteiger partial charge >= 0.3 is 5.97 Å². The molecule has 120 valence electrons. The number of carbonyl (C=O) groups excluding carboxylic acids is 2. The van der Waals surface area contributed by atoms with Crippen molar-refractivity contribution in [3.8, 4) is 5.69 Å². The second-order valence-electron chi connectivity index (χ2n) is 5.87. The summed E-state index contributed by atoms with van der Waals surface area (Å²) in [5, 5.41) is 2.80. The summed E-state index contributed by atoms with van der Waals surface area (Å²) in [6.45, 7) is 3.59. The van der Waals surface area contributed by atoms with E-state index in [0.29, 0.717) is 5.56 Å². The molecule has 0 bridgehead atoms. The molecule has 1 aromatic heterocycles. The summed E-state index contributed by atoms with van der Waals surface area (Å²) in [5.74, 6) is -0.705. The molecule has 1 N–H and O–H groups in total. The molecular weight excluding hydrogens is 292 g/mol. The molecule has 23 heavy (non-hydrogen) atoms. The van der Waals surface area contributed by atoms with Crippen LogP contribution in [-0.4, -0.2) is 29.1 Å². The van der Waals surface area contributed by atoms with Crippen molar-refractivity contribution in [3.63, 3.8) is 0 Å². The highest BCUT2D eigenvalue weighted by Gasteiger charge is 2.24. The molecule has 0 aliphatic heterocycles. The number of hydrogen-bond donors (Lipinski definition) is 1. The fourth-order valence-corrected chi connectivity index (χ4v) is 2.65. The zero-order valence-electron chi connectivity index (χ0n) is 13.3. The molecule has 1 heterocycles. The van der Waals surface area contributed by atoms with Gasteiger partial charge in [-0.3, -0.25) is 4.79 Å². The van der Waals surface area contributed by atoms with Crippen molar-refractivity contribution < 1.29 is 14.3 Å². The predicted octanol–water partition coefficient (Wildman–Crippen LogP) is 2.53. The molecule has 1 saturated carbocycles. The third-order valence-electron chi connectivity index (χ3n) is 3.94. The average molecular weight is 312 g/mol. The van der Waals surface area contributed by atoms with Gasteiger partial charge in [0.05, 0.1) is 5.56 Å². The Balaban J connectivity index is 1.72. The molecule has 5 nitrogen and oxygen atoms in total. The Hall–Kier alpha value is -2.56. The van der Waals surface area contributed by atoms with Crippen LogP contribution >= 0.6 is 0 Å². The number of benzene rings is 1. The van der Waals surface area contributed by atoms with Gasteiger partial charge in [0.25, 0.3) is 5.91 Å². The van der Waals surface area contributed by atoms with Gasteiger partial charge in [-0.25, -0.2) is 4.79 Å². The number of amides is 1. The molecule has 3 rings (SSSR count). The predicted molar refractivity (Wildman–Crippen MR) is 86.7 cm³/mol. The number of hydrogen-bond acceptors (Lipinski definition) is 3. The first-order valence-electron chi connectivity index (χ1n) is 7.77. The number of ether oxygens (including phenoxy) is 1. The number of aryl methyl sites for hydroxylation is 1. The number of carbonyl (C=O) groups is 2. The van der Waals surface area contributed by atoms with E-state index in [1.807, 2.05) is 48.7 Å². The van der Waals surface area contributed by atoms with Gasteiger partial charge < -0.3 is 14.6 Å². The van der Waals surface area contributed by atoms with Crippen molar-refractivity contribution >= 4 is 11.9 Å². The quantitative estimate of drug-likeness (QED) is 0.863. The van der Waals surface area contributed by atoms with Gasteiger partial charge in [-0.1, -0.05) is 18.2 Å². The maximum atomic E-state index is 12.3. The number of nitrogens with one attached hydrogen (secondary N) is 1. The molecule has 1 amide bonds. The SMILES string of the molecule is Cc1cc(C(=O)OCC(=O)NC2CC2)c(C)n1-c1ccccc1. The largest absolute Gasteiger partial charge is 0.452 e. The summed E-state index contributed by atoms with van der Waals surface area (Å²) in [6.07, 6.45) is 2.02. The van der Waals surface area contributed by atoms with E-state index in [0.717, 1.165) is 29.9 Å². The van der Waals surface area contributed by atoms with Gasteiger partial charge in [0.15, 0.2) is 6.61 Å². The zero-order valence-corrected chi connectivity index (χ0v) is 13.3. The van der Waals surface area contributed by atoms with Crippen molar-refractivity contribution in [2.24, 2.45) is 0 Å². The third kappa shape index (κ3) is 3.44. The van der Waals surface area contributed by atoms with E-state index in [-0.39, 0.29) is 18.6 Å². The highest BCUT2D eigenvalue weighted by molar-refractivity contribution is 5.93. The van der Waals surface area contributed by atoms with Crippen LogP contribution in [0.15, 0.2) is 36.4 Å². The summed E-state index contributed by atoms with van der Waals surface area (Å²) in [5.41, 5.74) is 3.24. The standard InChI is InChI=1S/C18H20N2O3/c1-12-10-16(13(2)20(12)15-6-4-3-5-7-15)18(22)23-11-17(21)19-14-8-9-14/h3-7,10,14H,8-9,11H2,1-2H3,(H,19,21). The highest BCUT2D eigenvalue weighted by atomic mass is 16.5. The highest BCUT2D eigenvalue weighted by Crippen LogP contribution is 2.21. The van der Waals surface area contributed by atoms with E-state index in [4.69, 9.17) is 4.74 Å². The van der Waals surface area contributed by atoms with Crippen LogP contribution in [0.2, 0.25) is 0 Å². The molecular formula is C18H20N2O3. The van der Waals surface area contributed by atoms with Crippen LogP contribution in [-0.2, 0) is 9.53 Å². The Morgan fingerprint density at radius 3 is 2.57 bits per heavy atom. The molecule has 5 heteroatoms. The van der Waals surface area contributed by atoms with E-state index in [2.05, 4.69) is 5.32 Å². The number of rotatable bonds is 5. The summed E-state index contributed by atoms with van der Waals surface area (Å²) in [4.78, 5) is 23.9. The van der Waals surface area contributed by atoms with Crippen LogP contribution in [0.3, 0.4) is 0 Å². The minimum Gasteiger partial charge on any atom is -0.452 e. The fraction of sp³-hybridized carbons (Fsp3) is 0.333. The maximum Gasteiger partial charge on any atom is 0.340 e. The van der Waals surface area contributed by atoms with Crippen LogP contribution in [0.1, 0.15) is 34.6 Å². The van der Waals surface area contributed by atoms with Gasteiger partial charge in [-0.2, -0.15) is 0 Å². The first-order valence-corrected chi connectivity index (χ1v) is 7.77. The number of para-hydroxylation sites is 1. The molecule has 0 atom stereocenters. The Bertz CT molecular complexity index is 730. The summed E-state index contributed by atoms with van der Waals surface area (Å²) in [7, 11) is 0. The Morgan fingerprint density at radius 1 is 1.22 bits per heavy atom. The van der Waals surface area contributed by atoms with Crippen molar-refractivity contribution in [2.45, 2.75) is 32.7 Å². The van der Waals surface area contributed by atoms with Gasteiger partial charge in [-0.15, -0.1) is 0 Å². The lowest BCUT2D eigenvalue weighted by atomic mass is 10.2. The first kappa shape index (κ1) is 15.3. The van der Waals surface area contributed by atoms with Gasteiger partial charge in [-0.05, 0) is 44.9 Å². The molecule has 0 spiro atoms. The number of aromatic nitrogens is 1. The molecule has 1 aromatic carbocycles. The zero-order chi connectivity index (χ0) is 16.4. The maximum absolute atomic E-state index is 12.3. The van der Waals surface area contributed by atoms with Crippen molar-refractivity contribution in [2.75, 3.05) is 6.61 Å². The van der Waals surface area contributed by atoms with Crippen molar-refractivity contribution in [1.29, 1.82) is 0 Å². The topological polar surface area (TPSA) is 60.3 Å². The summed E-state index contributed by atoms with van der Waals surface area (Å²) in [6, 6.07) is 11.9. The van der Waals surface area contributed by atoms with Crippen molar-refractivity contribution in [1.82, 2.24) is 9.88 Å². The Morgan fingerprint density at radius 2 is 1.91 bits per heavy atom. The Labute approximate surface area is 135 Å². The molecule has 0 radical (unpaired) electrons. The fourth-order valence-electron chi connectivity index (χ4n) is 2.65. The van der Waals surface area contributed by atoms with Gasteiger partial charge in [0.1, 0.15) is 0 Å². The van der Waals surface area contributed by atoms with Crippen LogP contribution in [0.5, 0.6) is 0 Å². The third-order valence-corrected chi connectivity index (χ3v) is 3.94. The van der Waals surface area contributed by atoms with Gasteiger partial charge in [0, 0.05) is 23.1 Å². The average Bonchev–Trinajstić information content (AvgIpc) is 3.30. The number of esters is 1. The van der Waals surface area contributed by atoms with Crippen LogP contribution in [0, 0.1) is 13.8 Å². The second kappa shape index (κ2) is 6.28. The molecule has 1 fully saturated rings. The van der Waals surface area contributed by atoms with E-state index in [1.54, 1.807) is 6.07 Å². The lowest BCUT2D eigenvalue weighted by molar-refractivity contribution is -0.124. The lowest BCUT2D eigenvalue weighted by Crippen LogP contribution is -2.30. The Kier molecular flexibility index (Phi) is 4.19. The molecule has 0 saturated heterocycles. The molecule has 1 aliphatic carbocycles. The first-order chi connectivity index (χ1) is 11.1. The lowest BCUT2D eigenvalue weighted by Gasteiger charge is -2.09. The minimum absolute atomic E-state index is 0.232. The van der Waals surface area contributed by atoms with Crippen LogP contribution in [0.25, 0.3) is 5.69 Å². The molecule has 1 aliphatic rings. The number of nitrogens with zero attached hydrogens (tertiary/aromatic N) is 1. The van der Waals surface area contributed by atoms with E-state index >= 15 is 0 Å². The van der Waals surface area contributed by atoms with Crippen LogP contribution in [0.4, 0.5) is 0 Å². The summed E-state index contributed by atoms with van der Waals surface area (Å²) < 4.78 is 7.14. The van der Waals surface area contributed by atoms with Crippen LogP contribution < -0.4 is 5.32 Å². The smallest absolute Gasteiger partial charge is 0.340 e. The molecule has 2 aromatic rings. The van der Waals surface area contributed by atoms with Crippen molar-refractivity contribution in [3.05, 3.63) is 53.3 Å². The second-order valence-corrected chi connectivity index (χ2v) is 5.87. The van der Waals surface area contributed by atoms with Gasteiger partial charge in [0.2, 0.25) is 0 Å². The molecule has 0 unspecified atom stereocenters. The monoisotopic (exact) mass is 312 g/mol. The normalized spacial score (nSPS) is 13.7. The van der Waals surface area contributed by atoms with E-state index in [9.17, 15) is 9.59 Å².